The molecule has 0 aliphatic heterocycles. The minimum atomic E-state index is -0.142. The van der Waals surface area contributed by atoms with E-state index >= 15 is 0 Å². The monoisotopic (exact) mass is 303 g/mol. The van der Waals surface area contributed by atoms with E-state index in [2.05, 4.69) is 10.3 Å². The van der Waals surface area contributed by atoms with Gasteiger partial charge in [-0.25, -0.2) is 4.98 Å². The summed E-state index contributed by atoms with van der Waals surface area (Å²) in [7, 11) is 0. The molecule has 4 nitrogen and oxygen atoms in total. The van der Waals surface area contributed by atoms with E-state index in [-0.39, 0.29) is 5.91 Å². The molecule has 102 valence electrons. The van der Waals surface area contributed by atoms with Crippen molar-refractivity contribution in [2.24, 2.45) is 0 Å². The van der Waals surface area contributed by atoms with Crippen LogP contribution in [0.15, 0.2) is 29.1 Å². The molecule has 0 aliphatic rings. The molecule has 0 fully saturated rings. The highest BCUT2D eigenvalue weighted by molar-refractivity contribution is 7.21. The van der Waals surface area contributed by atoms with E-state index in [1.54, 1.807) is 17.5 Å². The Hall–Kier alpha value is -1.92. The van der Waals surface area contributed by atoms with Crippen LogP contribution in [-0.2, 0) is 6.54 Å². The third-order valence-corrected chi connectivity index (χ3v) is 4.92. The standard InChI is InChI=1S/C14H13N3OS2/c1-8-2-4-16-14-10(8)11(15)12(20-14)13(18)17-6-9-3-5-19-7-9/h2-5,7H,6,15H2,1H3,(H,17,18). The summed E-state index contributed by atoms with van der Waals surface area (Å²) in [5, 5.41) is 7.78. The average Bonchev–Trinajstić information content (AvgIpc) is 3.05. The Balaban J connectivity index is 1.88. The number of anilines is 1. The first-order chi connectivity index (χ1) is 9.66. The third-order valence-electron chi connectivity index (χ3n) is 3.08. The van der Waals surface area contributed by atoms with E-state index in [9.17, 15) is 4.79 Å². The molecule has 6 heteroatoms. The molecule has 0 saturated heterocycles. The Bertz CT molecular complexity index is 762. The summed E-state index contributed by atoms with van der Waals surface area (Å²) >= 11 is 2.95. The molecule has 0 aromatic carbocycles. The van der Waals surface area contributed by atoms with Crippen molar-refractivity contribution in [2.45, 2.75) is 13.5 Å². The number of fused-ring (bicyclic) bond motifs is 1. The number of nitrogens with two attached hydrogens (primary N) is 1. The molecule has 0 radical (unpaired) electrons. The summed E-state index contributed by atoms with van der Waals surface area (Å²) < 4.78 is 0. The second kappa shape index (κ2) is 5.22. The van der Waals surface area contributed by atoms with Crippen molar-refractivity contribution in [3.05, 3.63) is 45.1 Å². The van der Waals surface area contributed by atoms with Gasteiger partial charge in [0, 0.05) is 18.1 Å². The van der Waals surface area contributed by atoms with Gasteiger partial charge in [0.2, 0.25) is 0 Å². The van der Waals surface area contributed by atoms with Gasteiger partial charge in [0.15, 0.2) is 0 Å². The molecule has 3 aromatic rings. The molecule has 20 heavy (non-hydrogen) atoms. The lowest BCUT2D eigenvalue weighted by molar-refractivity contribution is 0.0956. The Morgan fingerprint density at radius 3 is 3.00 bits per heavy atom. The van der Waals surface area contributed by atoms with Crippen molar-refractivity contribution in [1.29, 1.82) is 0 Å². The molecular formula is C14H13N3OS2. The van der Waals surface area contributed by atoms with Crippen LogP contribution in [-0.4, -0.2) is 10.9 Å². The van der Waals surface area contributed by atoms with Gasteiger partial charge in [0.1, 0.15) is 9.71 Å². The quantitative estimate of drug-likeness (QED) is 0.781. The van der Waals surface area contributed by atoms with Crippen LogP contribution in [0.3, 0.4) is 0 Å². The van der Waals surface area contributed by atoms with Crippen LogP contribution in [0, 0.1) is 6.92 Å². The molecule has 0 atom stereocenters. The van der Waals surface area contributed by atoms with Crippen LogP contribution in [0.2, 0.25) is 0 Å². The summed E-state index contributed by atoms with van der Waals surface area (Å²) in [4.78, 5) is 17.9. The number of pyridine rings is 1. The van der Waals surface area contributed by atoms with Crippen molar-refractivity contribution in [2.75, 3.05) is 5.73 Å². The number of nitrogen functional groups attached to an aromatic ring is 1. The maximum atomic E-state index is 12.2. The topological polar surface area (TPSA) is 68.0 Å². The highest BCUT2D eigenvalue weighted by Gasteiger charge is 2.18. The minimum absolute atomic E-state index is 0.142. The largest absolute Gasteiger partial charge is 0.397 e. The van der Waals surface area contributed by atoms with Gasteiger partial charge in [0.05, 0.1) is 5.69 Å². The lowest BCUT2D eigenvalue weighted by atomic mass is 10.2. The zero-order valence-corrected chi connectivity index (χ0v) is 12.5. The number of amides is 1. The Kier molecular flexibility index (Phi) is 3.42. The SMILES string of the molecule is Cc1ccnc2sc(C(=O)NCc3ccsc3)c(N)c12. The zero-order valence-electron chi connectivity index (χ0n) is 10.8. The lowest BCUT2D eigenvalue weighted by Crippen LogP contribution is -2.22. The fraction of sp³-hybridized carbons (Fsp3) is 0.143. The molecule has 1 amide bonds. The van der Waals surface area contributed by atoms with Gasteiger partial charge in [-0.15, -0.1) is 11.3 Å². The van der Waals surface area contributed by atoms with Gasteiger partial charge < -0.3 is 11.1 Å². The number of aromatic nitrogens is 1. The number of carbonyl (C=O) groups is 1. The van der Waals surface area contributed by atoms with E-state index in [1.165, 1.54) is 11.3 Å². The number of nitrogens with one attached hydrogen (secondary N) is 1. The zero-order chi connectivity index (χ0) is 14.1. The minimum Gasteiger partial charge on any atom is -0.397 e. The van der Waals surface area contributed by atoms with Gasteiger partial charge in [-0.05, 0) is 40.9 Å². The Labute approximate surface area is 124 Å². The van der Waals surface area contributed by atoms with Crippen molar-refractivity contribution >= 4 is 44.5 Å². The van der Waals surface area contributed by atoms with E-state index in [0.29, 0.717) is 17.1 Å². The summed E-state index contributed by atoms with van der Waals surface area (Å²) in [5.74, 6) is -0.142. The molecule has 3 rings (SSSR count). The average molecular weight is 303 g/mol. The molecule has 0 bridgehead atoms. The molecular weight excluding hydrogens is 290 g/mol. The normalized spacial score (nSPS) is 10.8. The predicted octanol–water partition coefficient (Wildman–Crippen LogP) is 3.18. The van der Waals surface area contributed by atoms with Gasteiger partial charge in [0.25, 0.3) is 5.91 Å². The number of aryl methyl sites for hydroxylation is 1. The van der Waals surface area contributed by atoms with Gasteiger partial charge in [-0.1, -0.05) is 0 Å². The van der Waals surface area contributed by atoms with Crippen LogP contribution < -0.4 is 11.1 Å². The van der Waals surface area contributed by atoms with Crippen molar-refractivity contribution in [3.8, 4) is 0 Å². The maximum absolute atomic E-state index is 12.2. The van der Waals surface area contributed by atoms with Crippen LogP contribution in [0.4, 0.5) is 5.69 Å². The number of nitrogens with zero attached hydrogens (tertiary/aromatic N) is 1. The summed E-state index contributed by atoms with van der Waals surface area (Å²) in [6.07, 6.45) is 1.74. The molecule has 0 unspecified atom stereocenters. The van der Waals surface area contributed by atoms with E-state index in [4.69, 9.17) is 5.73 Å². The molecule has 3 N–H and O–H groups in total. The number of hydrogen-bond donors (Lipinski definition) is 2. The second-order valence-corrected chi connectivity index (χ2v) is 6.25. The summed E-state index contributed by atoms with van der Waals surface area (Å²) in [6, 6.07) is 3.89. The van der Waals surface area contributed by atoms with Gasteiger partial charge >= 0.3 is 0 Å². The lowest BCUT2D eigenvalue weighted by Gasteiger charge is -2.02. The highest BCUT2D eigenvalue weighted by atomic mass is 32.1. The predicted molar refractivity (Wildman–Crippen MR) is 84.3 cm³/mol. The smallest absolute Gasteiger partial charge is 0.263 e. The first-order valence-electron chi connectivity index (χ1n) is 6.09. The summed E-state index contributed by atoms with van der Waals surface area (Å²) in [6.45, 7) is 2.49. The molecule has 0 saturated carbocycles. The van der Waals surface area contributed by atoms with Crippen LogP contribution in [0.1, 0.15) is 20.8 Å². The highest BCUT2D eigenvalue weighted by Crippen LogP contribution is 2.34. The second-order valence-electron chi connectivity index (χ2n) is 4.47. The Morgan fingerprint density at radius 1 is 1.45 bits per heavy atom. The van der Waals surface area contributed by atoms with Crippen molar-refractivity contribution in [3.63, 3.8) is 0 Å². The van der Waals surface area contributed by atoms with Crippen LogP contribution in [0.5, 0.6) is 0 Å². The van der Waals surface area contributed by atoms with E-state index in [0.717, 1.165) is 21.3 Å². The molecule has 3 aromatic heterocycles. The Morgan fingerprint density at radius 2 is 2.30 bits per heavy atom. The van der Waals surface area contributed by atoms with Gasteiger partial charge in [-0.2, -0.15) is 11.3 Å². The number of rotatable bonds is 3. The molecule has 0 spiro atoms. The maximum Gasteiger partial charge on any atom is 0.263 e. The van der Waals surface area contributed by atoms with Crippen LogP contribution >= 0.6 is 22.7 Å². The summed E-state index contributed by atoms with van der Waals surface area (Å²) in [5.41, 5.74) is 8.76. The van der Waals surface area contributed by atoms with Crippen LogP contribution in [0.25, 0.3) is 10.2 Å². The first kappa shape index (κ1) is 13.1. The van der Waals surface area contributed by atoms with Gasteiger partial charge in [-0.3, -0.25) is 4.79 Å². The van der Waals surface area contributed by atoms with E-state index < -0.39 is 0 Å². The fourth-order valence-electron chi connectivity index (χ4n) is 2.03. The third kappa shape index (κ3) is 2.28. The van der Waals surface area contributed by atoms with Crippen molar-refractivity contribution < 1.29 is 4.79 Å². The first-order valence-corrected chi connectivity index (χ1v) is 7.85. The number of thiophene rings is 2. The molecule has 0 aliphatic carbocycles. The molecule has 3 heterocycles. The number of hydrogen-bond acceptors (Lipinski definition) is 5. The fourth-order valence-corrected chi connectivity index (χ4v) is 3.75. The van der Waals surface area contributed by atoms with E-state index in [1.807, 2.05) is 29.8 Å². The van der Waals surface area contributed by atoms with Crippen molar-refractivity contribution in [1.82, 2.24) is 10.3 Å². The number of carbonyl (C=O) groups excluding carboxylic acids is 1.